The number of aromatic amines is 1. The third-order valence-corrected chi connectivity index (χ3v) is 6.15. The Kier molecular flexibility index (Phi) is 4.59. The summed E-state index contributed by atoms with van der Waals surface area (Å²) in [5, 5.41) is 5.06. The third kappa shape index (κ3) is 3.05. The van der Waals surface area contributed by atoms with Gasteiger partial charge in [0.05, 0.1) is 30.3 Å². The second-order valence-corrected chi connectivity index (χ2v) is 7.71. The Morgan fingerprint density at radius 2 is 2.00 bits per heavy atom. The zero-order valence-corrected chi connectivity index (χ0v) is 15.3. The van der Waals surface area contributed by atoms with Crippen LogP contribution in [0.5, 0.6) is 0 Å². The van der Waals surface area contributed by atoms with E-state index in [1.807, 2.05) is 30.3 Å². The fourth-order valence-electron chi connectivity index (χ4n) is 3.59. The summed E-state index contributed by atoms with van der Waals surface area (Å²) in [7, 11) is 1.39. The number of aromatic nitrogens is 1. The van der Waals surface area contributed by atoms with Gasteiger partial charge in [-0.25, -0.2) is 0 Å². The molecule has 5 nitrogen and oxygen atoms in total. The van der Waals surface area contributed by atoms with Crippen LogP contribution in [0.2, 0.25) is 0 Å². The molecule has 2 unspecified atom stereocenters. The van der Waals surface area contributed by atoms with Crippen molar-refractivity contribution >= 4 is 45.4 Å². The van der Waals surface area contributed by atoms with Crippen LogP contribution in [0.4, 0.5) is 0 Å². The van der Waals surface area contributed by atoms with E-state index < -0.39 is 0 Å². The first kappa shape index (κ1) is 17.0. The summed E-state index contributed by atoms with van der Waals surface area (Å²) in [5.74, 6) is 0.253. The smallest absolute Gasteiger partial charge is 0.311 e. The van der Waals surface area contributed by atoms with Gasteiger partial charge < -0.3 is 15.0 Å². The predicted octanol–water partition coefficient (Wildman–Crippen LogP) is 3.23. The van der Waals surface area contributed by atoms with Crippen LogP contribution in [0.25, 0.3) is 21.8 Å². The van der Waals surface area contributed by atoms with E-state index in [2.05, 4.69) is 22.4 Å². The van der Waals surface area contributed by atoms with Gasteiger partial charge in [0.15, 0.2) is 0 Å². The van der Waals surface area contributed by atoms with E-state index >= 15 is 0 Å². The monoisotopic (exact) mass is 368 g/mol. The van der Waals surface area contributed by atoms with Crippen LogP contribution in [-0.4, -0.2) is 35.1 Å². The quantitative estimate of drug-likeness (QED) is 0.694. The summed E-state index contributed by atoms with van der Waals surface area (Å²) in [5.41, 5.74) is 3.01. The van der Waals surface area contributed by atoms with Gasteiger partial charge in [0.25, 0.3) is 0 Å². The zero-order valence-electron chi connectivity index (χ0n) is 14.5. The lowest BCUT2D eigenvalue weighted by Gasteiger charge is -2.18. The fraction of sp³-hybridized carbons (Fsp3) is 0.300. The summed E-state index contributed by atoms with van der Waals surface area (Å²) < 4.78 is 4.85. The lowest BCUT2D eigenvalue weighted by Crippen LogP contribution is -2.39. The van der Waals surface area contributed by atoms with Gasteiger partial charge in [-0.05, 0) is 23.8 Å². The number of carbonyl (C=O) groups is 2. The number of fused-ring (bicyclic) bond motifs is 3. The number of nitrogens with one attached hydrogen (secondary N) is 2. The van der Waals surface area contributed by atoms with Crippen LogP contribution in [0, 0.1) is 5.92 Å². The van der Waals surface area contributed by atoms with E-state index in [1.165, 1.54) is 7.11 Å². The summed E-state index contributed by atoms with van der Waals surface area (Å²) in [4.78, 5) is 27.9. The Morgan fingerprint density at radius 1 is 1.19 bits per heavy atom. The molecule has 1 amide bonds. The number of methoxy groups -OCH3 is 1. The molecule has 26 heavy (non-hydrogen) atoms. The Balaban J connectivity index is 1.55. The number of esters is 1. The van der Waals surface area contributed by atoms with Gasteiger partial charge in [0, 0.05) is 16.3 Å². The molecule has 0 radical (unpaired) electrons. The highest BCUT2D eigenvalue weighted by molar-refractivity contribution is 8.00. The van der Waals surface area contributed by atoms with E-state index in [0.717, 1.165) is 39.5 Å². The van der Waals surface area contributed by atoms with Crippen LogP contribution in [0.3, 0.4) is 0 Å². The number of benzene rings is 2. The average molecular weight is 368 g/mol. The highest BCUT2D eigenvalue weighted by atomic mass is 32.2. The van der Waals surface area contributed by atoms with Gasteiger partial charge >= 0.3 is 5.97 Å². The Bertz CT molecular complexity index is 982. The fourth-order valence-corrected chi connectivity index (χ4v) is 4.93. The van der Waals surface area contributed by atoms with Gasteiger partial charge in [-0.1, -0.05) is 36.4 Å². The minimum absolute atomic E-state index is 0.0792. The van der Waals surface area contributed by atoms with E-state index in [-0.39, 0.29) is 29.6 Å². The van der Waals surface area contributed by atoms with Crippen LogP contribution in [-0.2, 0) is 20.7 Å². The molecule has 134 valence electrons. The molecule has 2 aromatic carbocycles. The molecule has 1 aliphatic rings. The van der Waals surface area contributed by atoms with Gasteiger partial charge in [-0.2, -0.15) is 0 Å². The van der Waals surface area contributed by atoms with Gasteiger partial charge in [-0.3, -0.25) is 9.59 Å². The van der Waals surface area contributed by atoms with E-state index in [4.69, 9.17) is 4.74 Å². The summed E-state index contributed by atoms with van der Waals surface area (Å²) >= 11 is 1.60. The van der Waals surface area contributed by atoms with E-state index in [0.29, 0.717) is 0 Å². The standard InChI is InChI=1S/C20H20N2O3S/c1-25-20(24)15-9-10-26-19(15)22-17(23)11-12-5-4-7-14-13-6-2-3-8-16(13)21-18(12)14/h2-8,15,19,21H,9-11H2,1H3,(H,22,23). The molecule has 1 saturated heterocycles. The molecule has 2 N–H and O–H groups in total. The molecule has 0 saturated carbocycles. The largest absolute Gasteiger partial charge is 0.469 e. The number of carbonyl (C=O) groups excluding carboxylic acids is 2. The van der Waals surface area contributed by atoms with Crippen molar-refractivity contribution in [2.24, 2.45) is 5.92 Å². The molecular weight excluding hydrogens is 348 g/mol. The summed E-state index contributed by atoms with van der Waals surface area (Å²) in [6.07, 6.45) is 1.01. The van der Waals surface area contributed by atoms with E-state index in [1.54, 1.807) is 11.8 Å². The number of H-pyrrole nitrogens is 1. The molecule has 1 aliphatic heterocycles. The molecule has 1 aromatic heterocycles. The van der Waals surface area contributed by atoms with Crippen molar-refractivity contribution in [2.45, 2.75) is 18.2 Å². The molecule has 0 bridgehead atoms. The predicted molar refractivity (Wildman–Crippen MR) is 104 cm³/mol. The van der Waals surface area contributed by atoms with Gasteiger partial charge in [0.2, 0.25) is 5.91 Å². The second-order valence-electron chi connectivity index (χ2n) is 6.46. The van der Waals surface area contributed by atoms with Crippen molar-refractivity contribution < 1.29 is 14.3 Å². The van der Waals surface area contributed by atoms with Crippen molar-refractivity contribution in [3.05, 3.63) is 48.0 Å². The first-order chi connectivity index (χ1) is 12.7. The Morgan fingerprint density at radius 3 is 2.85 bits per heavy atom. The van der Waals surface area contributed by atoms with Gasteiger partial charge in [0.1, 0.15) is 0 Å². The van der Waals surface area contributed by atoms with Crippen molar-refractivity contribution in [3.63, 3.8) is 0 Å². The minimum atomic E-state index is -0.266. The highest BCUT2D eigenvalue weighted by Gasteiger charge is 2.35. The Hall–Kier alpha value is -2.47. The molecular formula is C20H20N2O3S. The molecule has 6 heteroatoms. The SMILES string of the molecule is COC(=O)C1CCSC1NC(=O)Cc1cccc2c1[nH]c1ccccc12. The molecule has 2 atom stereocenters. The number of ether oxygens (including phenoxy) is 1. The molecule has 1 fully saturated rings. The zero-order chi connectivity index (χ0) is 18.1. The number of amides is 1. The maximum absolute atomic E-state index is 12.6. The topological polar surface area (TPSA) is 71.2 Å². The number of hydrogen-bond donors (Lipinski definition) is 2. The maximum atomic E-state index is 12.6. The summed E-state index contributed by atoms with van der Waals surface area (Å²) in [6, 6.07) is 14.1. The molecule has 3 aromatic rings. The van der Waals surface area contributed by atoms with Gasteiger partial charge in [-0.15, -0.1) is 11.8 Å². The molecule has 4 rings (SSSR count). The summed E-state index contributed by atoms with van der Waals surface area (Å²) in [6.45, 7) is 0. The average Bonchev–Trinajstić information content (AvgIpc) is 3.26. The van der Waals surface area contributed by atoms with Crippen LogP contribution in [0.15, 0.2) is 42.5 Å². The van der Waals surface area contributed by atoms with Crippen LogP contribution in [0.1, 0.15) is 12.0 Å². The highest BCUT2D eigenvalue weighted by Crippen LogP contribution is 2.32. The number of hydrogen-bond acceptors (Lipinski definition) is 4. The first-order valence-corrected chi connectivity index (χ1v) is 9.69. The maximum Gasteiger partial charge on any atom is 0.311 e. The Labute approximate surface area is 155 Å². The van der Waals surface area contributed by atoms with Crippen molar-refractivity contribution in [1.82, 2.24) is 10.3 Å². The second kappa shape index (κ2) is 7.03. The number of rotatable bonds is 4. The molecule has 0 spiro atoms. The third-order valence-electron chi connectivity index (χ3n) is 4.88. The van der Waals surface area contributed by atoms with Crippen molar-refractivity contribution in [2.75, 3.05) is 12.9 Å². The minimum Gasteiger partial charge on any atom is -0.469 e. The lowest BCUT2D eigenvalue weighted by atomic mass is 10.1. The van der Waals surface area contributed by atoms with Crippen LogP contribution >= 0.6 is 11.8 Å². The normalized spacial score (nSPS) is 19.7. The molecule has 0 aliphatic carbocycles. The first-order valence-electron chi connectivity index (χ1n) is 8.64. The number of thioether (sulfide) groups is 1. The number of para-hydroxylation sites is 2. The molecule has 2 heterocycles. The van der Waals surface area contributed by atoms with Crippen molar-refractivity contribution in [1.29, 1.82) is 0 Å². The van der Waals surface area contributed by atoms with Crippen LogP contribution < -0.4 is 5.32 Å². The van der Waals surface area contributed by atoms with E-state index in [9.17, 15) is 9.59 Å². The van der Waals surface area contributed by atoms with Crippen molar-refractivity contribution in [3.8, 4) is 0 Å². The lowest BCUT2D eigenvalue weighted by molar-refractivity contribution is -0.145.